The van der Waals surface area contributed by atoms with Crippen molar-refractivity contribution in [3.05, 3.63) is 11.9 Å². The number of rotatable bonds is 3. The second-order valence-electron chi connectivity index (χ2n) is 3.82. The van der Waals surface area contributed by atoms with E-state index >= 15 is 0 Å². The summed E-state index contributed by atoms with van der Waals surface area (Å²) in [5.41, 5.74) is 0.478. The lowest BCUT2D eigenvalue weighted by atomic mass is 10.3. The van der Waals surface area contributed by atoms with Gasteiger partial charge in [-0.25, -0.2) is 13.2 Å². The maximum absolute atomic E-state index is 12.3. The third-order valence-corrected chi connectivity index (χ3v) is 4.76. The number of aromatic amines is 1. The number of H-pyrrole nitrogens is 1. The Hall–Kier alpha value is -1.50. The Morgan fingerprint density at radius 3 is 3.00 bits per heavy atom. The van der Waals surface area contributed by atoms with Gasteiger partial charge in [-0.15, -0.1) is 0 Å². The molecule has 0 radical (unpaired) electrons. The van der Waals surface area contributed by atoms with E-state index in [4.69, 9.17) is 0 Å². The van der Waals surface area contributed by atoms with E-state index in [1.54, 1.807) is 6.92 Å². The third-order valence-electron chi connectivity index (χ3n) is 2.75. The Morgan fingerprint density at radius 1 is 1.65 bits per heavy atom. The van der Waals surface area contributed by atoms with Gasteiger partial charge < -0.3 is 0 Å². The van der Waals surface area contributed by atoms with Gasteiger partial charge in [0.25, 0.3) is 0 Å². The molecule has 1 saturated heterocycles. The van der Waals surface area contributed by atoms with Crippen molar-refractivity contribution in [2.45, 2.75) is 30.8 Å². The van der Waals surface area contributed by atoms with Crippen molar-refractivity contribution in [2.24, 2.45) is 4.99 Å². The highest BCUT2D eigenvalue weighted by atomic mass is 32.2. The molecule has 0 amide bonds. The summed E-state index contributed by atoms with van der Waals surface area (Å²) in [5.74, 6) is 0. The lowest BCUT2D eigenvalue weighted by Gasteiger charge is -2.19. The maximum Gasteiger partial charge on any atom is 0.248 e. The molecule has 92 valence electrons. The molecule has 8 heteroatoms. The van der Waals surface area contributed by atoms with E-state index in [0.29, 0.717) is 25.1 Å². The fourth-order valence-electron chi connectivity index (χ4n) is 1.92. The van der Waals surface area contributed by atoms with Crippen LogP contribution >= 0.6 is 0 Å². The molecular formula is C9H12N4O3S. The summed E-state index contributed by atoms with van der Waals surface area (Å²) < 4.78 is 25.8. The number of nitrogens with zero attached hydrogens (tertiary/aromatic N) is 3. The minimum Gasteiger partial charge on any atom is -0.281 e. The molecule has 0 saturated carbocycles. The highest BCUT2D eigenvalue weighted by Crippen LogP contribution is 2.27. The van der Waals surface area contributed by atoms with Gasteiger partial charge in [0.05, 0.1) is 11.9 Å². The molecule has 1 N–H and O–H groups in total. The first-order valence-corrected chi connectivity index (χ1v) is 6.60. The zero-order chi connectivity index (χ0) is 12.5. The first-order chi connectivity index (χ1) is 8.07. The largest absolute Gasteiger partial charge is 0.281 e. The van der Waals surface area contributed by atoms with Crippen molar-refractivity contribution in [1.82, 2.24) is 14.5 Å². The fourth-order valence-corrected chi connectivity index (χ4v) is 3.63. The minimum absolute atomic E-state index is 0.130. The molecule has 1 aliphatic heterocycles. The molecule has 17 heavy (non-hydrogen) atoms. The summed E-state index contributed by atoms with van der Waals surface area (Å²) in [4.78, 5) is 13.9. The van der Waals surface area contributed by atoms with E-state index in [1.165, 1.54) is 16.6 Å². The van der Waals surface area contributed by atoms with E-state index in [-0.39, 0.29) is 4.90 Å². The predicted octanol–water partition coefficient (Wildman–Crippen LogP) is 0.165. The van der Waals surface area contributed by atoms with E-state index < -0.39 is 16.2 Å². The van der Waals surface area contributed by atoms with Crippen molar-refractivity contribution in [3.63, 3.8) is 0 Å². The van der Waals surface area contributed by atoms with Gasteiger partial charge in [-0.05, 0) is 19.8 Å². The Kier molecular flexibility index (Phi) is 3.10. The summed E-state index contributed by atoms with van der Waals surface area (Å²) >= 11 is 0. The number of aryl methyl sites for hydroxylation is 1. The number of hydrogen-bond acceptors (Lipinski definition) is 5. The van der Waals surface area contributed by atoms with Gasteiger partial charge in [-0.2, -0.15) is 14.4 Å². The Labute approximate surface area is 98.6 Å². The van der Waals surface area contributed by atoms with Gasteiger partial charge in [0, 0.05) is 6.54 Å². The molecule has 2 rings (SSSR count). The van der Waals surface area contributed by atoms with Crippen molar-refractivity contribution in [2.75, 3.05) is 6.54 Å². The van der Waals surface area contributed by atoms with E-state index in [9.17, 15) is 13.2 Å². The van der Waals surface area contributed by atoms with Crippen molar-refractivity contribution in [1.29, 1.82) is 0 Å². The highest BCUT2D eigenvalue weighted by Gasteiger charge is 2.36. The summed E-state index contributed by atoms with van der Waals surface area (Å²) in [7, 11) is -3.63. The van der Waals surface area contributed by atoms with Gasteiger partial charge in [0.2, 0.25) is 16.1 Å². The minimum atomic E-state index is -3.63. The smallest absolute Gasteiger partial charge is 0.248 e. The van der Waals surface area contributed by atoms with Crippen LogP contribution in [0, 0.1) is 6.92 Å². The van der Waals surface area contributed by atoms with Crippen LogP contribution in [0.1, 0.15) is 18.5 Å². The molecule has 2 heterocycles. The molecule has 7 nitrogen and oxygen atoms in total. The summed E-state index contributed by atoms with van der Waals surface area (Å²) in [5, 5.41) is 6.27. The number of aliphatic imine (C=N–C) groups is 1. The van der Waals surface area contributed by atoms with Crippen LogP contribution in [0.25, 0.3) is 0 Å². The molecular weight excluding hydrogens is 244 g/mol. The Bertz CT molecular complexity index is 559. The highest BCUT2D eigenvalue weighted by molar-refractivity contribution is 7.89. The molecule has 1 aromatic heterocycles. The van der Waals surface area contributed by atoms with Gasteiger partial charge in [-0.3, -0.25) is 5.10 Å². The number of isocyanates is 1. The average molecular weight is 256 g/mol. The molecule has 0 aliphatic carbocycles. The topological polar surface area (TPSA) is 95.5 Å². The molecule has 1 unspecified atom stereocenters. The Balaban J connectivity index is 2.39. The average Bonchev–Trinajstić information content (AvgIpc) is 2.87. The normalized spacial score (nSPS) is 21.4. The van der Waals surface area contributed by atoms with E-state index in [0.717, 1.165) is 0 Å². The third kappa shape index (κ3) is 2.02. The predicted molar refractivity (Wildman–Crippen MR) is 58.4 cm³/mol. The SMILES string of the molecule is Cc1[nH]ncc1S(=O)(=O)N1CCCC1N=C=O. The number of hydrogen-bond donors (Lipinski definition) is 1. The van der Waals surface area contributed by atoms with Crippen LogP contribution in [0.3, 0.4) is 0 Å². The molecule has 1 atom stereocenters. The summed E-state index contributed by atoms with van der Waals surface area (Å²) in [6.07, 6.45) is 3.29. The van der Waals surface area contributed by atoms with Crippen molar-refractivity contribution >= 4 is 16.1 Å². The van der Waals surface area contributed by atoms with Crippen molar-refractivity contribution < 1.29 is 13.2 Å². The first kappa shape index (κ1) is 12.0. The standard InChI is InChI=1S/C9H12N4O3S/c1-7-8(5-11-12-7)17(15,16)13-4-2-3-9(13)10-6-14/h5,9H,2-4H2,1H3,(H,11,12). The van der Waals surface area contributed by atoms with E-state index in [1.807, 2.05) is 0 Å². The molecule has 0 bridgehead atoms. The van der Waals surface area contributed by atoms with Gasteiger partial charge in [0.1, 0.15) is 11.1 Å². The molecule has 1 fully saturated rings. The van der Waals surface area contributed by atoms with Crippen molar-refractivity contribution in [3.8, 4) is 0 Å². The van der Waals surface area contributed by atoms with E-state index in [2.05, 4.69) is 15.2 Å². The molecule has 0 aromatic carbocycles. The van der Waals surface area contributed by atoms with Crippen LogP contribution in [0.2, 0.25) is 0 Å². The Morgan fingerprint density at radius 2 is 2.41 bits per heavy atom. The fraction of sp³-hybridized carbons (Fsp3) is 0.556. The second kappa shape index (κ2) is 4.40. The van der Waals surface area contributed by atoms with Crippen LogP contribution in [-0.4, -0.2) is 41.7 Å². The number of carbonyl (C=O) groups excluding carboxylic acids is 1. The quantitative estimate of drug-likeness (QED) is 0.615. The second-order valence-corrected chi connectivity index (χ2v) is 5.68. The number of aromatic nitrogens is 2. The number of sulfonamides is 1. The monoisotopic (exact) mass is 256 g/mol. The molecule has 0 spiro atoms. The number of nitrogens with one attached hydrogen (secondary N) is 1. The molecule has 1 aliphatic rings. The van der Waals surface area contributed by atoms with Crippen LogP contribution < -0.4 is 0 Å². The summed E-state index contributed by atoms with van der Waals surface area (Å²) in [6.45, 7) is 2.00. The van der Waals surface area contributed by atoms with Gasteiger partial charge in [0.15, 0.2) is 0 Å². The van der Waals surface area contributed by atoms with Crippen LogP contribution in [0.5, 0.6) is 0 Å². The molecule has 1 aromatic rings. The lowest BCUT2D eigenvalue weighted by Crippen LogP contribution is -2.34. The van der Waals surface area contributed by atoms with Crippen LogP contribution in [0.15, 0.2) is 16.1 Å². The first-order valence-electron chi connectivity index (χ1n) is 5.16. The lowest BCUT2D eigenvalue weighted by molar-refractivity contribution is 0.395. The van der Waals surface area contributed by atoms with Gasteiger partial charge in [-0.1, -0.05) is 0 Å². The van der Waals surface area contributed by atoms with Crippen LogP contribution in [0.4, 0.5) is 0 Å². The summed E-state index contributed by atoms with van der Waals surface area (Å²) in [6, 6.07) is 0. The maximum atomic E-state index is 12.3. The van der Waals surface area contributed by atoms with Crippen LogP contribution in [-0.2, 0) is 14.8 Å². The zero-order valence-corrected chi connectivity index (χ0v) is 10.1. The zero-order valence-electron chi connectivity index (χ0n) is 9.25. The van der Waals surface area contributed by atoms with Gasteiger partial charge >= 0.3 is 0 Å².